The average molecular weight is 450 g/mol. The lowest BCUT2D eigenvalue weighted by atomic mass is 10.1. The molecule has 154 valence electrons. The highest BCUT2D eigenvalue weighted by Crippen LogP contribution is 2.30. The van der Waals surface area contributed by atoms with Crippen LogP contribution in [0.5, 0.6) is 0 Å². The van der Waals surface area contributed by atoms with Gasteiger partial charge < -0.3 is 10.6 Å². The monoisotopic (exact) mass is 449 g/mol. The third kappa shape index (κ3) is 5.31. The van der Waals surface area contributed by atoms with Crippen molar-refractivity contribution in [1.29, 1.82) is 0 Å². The summed E-state index contributed by atoms with van der Waals surface area (Å²) in [4.78, 5) is 20.9. The molecule has 4 aromatic rings. The molecule has 0 aliphatic carbocycles. The van der Waals surface area contributed by atoms with Crippen molar-refractivity contribution in [2.75, 3.05) is 16.0 Å². The van der Waals surface area contributed by atoms with Gasteiger partial charge in [0.2, 0.25) is 0 Å². The number of carbonyl (C=O) groups is 1. The minimum atomic E-state index is -0.477. The van der Waals surface area contributed by atoms with Gasteiger partial charge in [-0.2, -0.15) is 0 Å². The van der Waals surface area contributed by atoms with E-state index in [0.717, 1.165) is 16.8 Å². The zero-order valence-electron chi connectivity index (χ0n) is 16.1. The van der Waals surface area contributed by atoms with Crippen molar-refractivity contribution in [2.24, 2.45) is 0 Å². The Bertz CT molecular complexity index is 1220. The van der Waals surface area contributed by atoms with Crippen LogP contribution in [-0.2, 0) is 0 Å². The van der Waals surface area contributed by atoms with Crippen LogP contribution in [0, 0.1) is 0 Å². The van der Waals surface area contributed by atoms with Crippen LogP contribution >= 0.6 is 23.2 Å². The summed E-state index contributed by atoms with van der Waals surface area (Å²) in [6.45, 7) is 0. The third-order valence-electron chi connectivity index (χ3n) is 4.34. The van der Waals surface area contributed by atoms with Crippen LogP contribution in [0.3, 0.4) is 0 Å². The Hall–Kier alpha value is -3.61. The molecule has 0 aliphatic heterocycles. The van der Waals surface area contributed by atoms with Crippen molar-refractivity contribution in [1.82, 2.24) is 9.97 Å². The molecule has 2 aromatic heterocycles. The molecule has 0 unspecified atom stereocenters. The summed E-state index contributed by atoms with van der Waals surface area (Å²) in [5.41, 5.74) is 3.16. The van der Waals surface area contributed by atoms with Gasteiger partial charge in [0, 0.05) is 18.1 Å². The van der Waals surface area contributed by atoms with Gasteiger partial charge in [0.25, 0.3) is 0 Å². The first-order valence-electron chi connectivity index (χ1n) is 9.35. The number of anilines is 4. The first kappa shape index (κ1) is 20.7. The summed E-state index contributed by atoms with van der Waals surface area (Å²) < 4.78 is 0. The summed E-state index contributed by atoms with van der Waals surface area (Å²) in [5, 5.41) is 9.28. The highest BCUT2D eigenvalue weighted by molar-refractivity contribution is 6.44. The summed E-state index contributed by atoms with van der Waals surface area (Å²) in [7, 11) is 0. The maximum atomic E-state index is 12.4. The molecule has 6 nitrogen and oxygen atoms in total. The van der Waals surface area contributed by atoms with Gasteiger partial charge in [0.15, 0.2) is 0 Å². The standard InChI is InChI=1S/C23H17Cl2N5O/c24-18-7-4-8-19(22(18)25)29-23(31)30-21-14-16(10-12-27-21)15-9-11-26-20(13-15)28-17-5-2-1-3-6-17/h1-14H,(H,26,28)(H2,27,29,30,31). The van der Waals surface area contributed by atoms with E-state index in [2.05, 4.69) is 25.9 Å². The molecule has 0 bridgehead atoms. The van der Waals surface area contributed by atoms with Crippen molar-refractivity contribution < 1.29 is 4.79 Å². The second-order valence-electron chi connectivity index (χ2n) is 6.53. The number of urea groups is 1. The quantitative estimate of drug-likeness (QED) is 0.311. The molecule has 0 saturated carbocycles. The molecule has 8 heteroatoms. The Kier molecular flexibility index (Phi) is 6.31. The zero-order chi connectivity index (χ0) is 21.6. The van der Waals surface area contributed by atoms with Crippen LogP contribution in [0.1, 0.15) is 0 Å². The van der Waals surface area contributed by atoms with E-state index in [-0.39, 0.29) is 5.02 Å². The summed E-state index contributed by atoms with van der Waals surface area (Å²) in [6.07, 6.45) is 3.35. The van der Waals surface area contributed by atoms with Crippen molar-refractivity contribution in [3.8, 4) is 11.1 Å². The van der Waals surface area contributed by atoms with Crippen molar-refractivity contribution in [2.45, 2.75) is 0 Å². The van der Waals surface area contributed by atoms with Crippen molar-refractivity contribution in [3.63, 3.8) is 0 Å². The number of halogens is 2. The molecule has 0 atom stereocenters. The molecule has 2 amide bonds. The maximum Gasteiger partial charge on any atom is 0.324 e. The number of pyridine rings is 2. The van der Waals surface area contributed by atoms with Gasteiger partial charge in [-0.1, -0.05) is 47.5 Å². The normalized spacial score (nSPS) is 10.4. The number of amides is 2. The zero-order valence-corrected chi connectivity index (χ0v) is 17.7. The van der Waals surface area contributed by atoms with Gasteiger partial charge in [-0.15, -0.1) is 0 Å². The number of nitrogens with one attached hydrogen (secondary N) is 3. The molecule has 0 radical (unpaired) electrons. The molecule has 0 spiro atoms. The number of carbonyl (C=O) groups excluding carboxylic acids is 1. The number of nitrogens with zero attached hydrogens (tertiary/aromatic N) is 2. The molecule has 4 rings (SSSR count). The van der Waals surface area contributed by atoms with E-state index >= 15 is 0 Å². The van der Waals surface area contributed by atoms with E-state index < -0.39 is 6.03 Å². The number of aromatic nitrogens is 2. The topological polar surface area (TPSA) is 78.9 Å². The number of rotatable bonds is 5. The third-order valence-corrected chi connectivity index (χ3v) is 5.16. The highest BCUT2D eigenvalue weighted by atomic mass is 35.5. The van der Waals surface area contributed by atoms with Crippen molar-refractivity contribution in [3.05, 3.63) is 95.2 Å². The van der Waals surface area contributed by atoms with E-state index in [1.165, 1.54) is 0 Å². The largest absolute Gasteiger partial charge is 0.340 e. The predicted molar refractivity (Wildman–Crippen MR) is 126 cm³/mol. The Morgan fingerprint density at radius 2 is 1.42 bits per heavy atom. The first-order chi connectivity index (χ1) is 15.1. The van der Waals surface area contributed by atoms with Crippen LogP contribution in [0.25, 0.3) is 11.1 Å². The van der Waals surface area contributed by atoms with Crippen LogP contribution in [0.4, 0.5) is 27.8 Å². The lowest BCUT2D eigenvalue weighted by Gasteiger charge is -2.11. The number of hydrogen-bond donors (Lipinski definition) is 3. The molecule has 3 N–H and O–H groups in total. The van der Waals surface area contributed by atoms with Crippen LogP contribution in [0.15, 0.2) is 85.2 Å². The van der Waals surface area contributed by atoms with Crippen molar-refractivity contribution >= 4 is 52.2 Å². The summed E-state index contributed by atoms with van der Waals surface area (Å²) >= 11 is 12.1. The second kappa shape index (κ2) is 9.47. The summed E-state index contributed by atoms with van der Waals surface area (Å²) in [5.74, 6) is 1.10. The maximum absolute atomic E-state index is 12.4. The van der Waals surface area contributed by atoms with E-state index in [9.17, 15) is 4.79 Å². The lowest BCUT2D eigenvalue weighted by Crippen LogP contribution is -2.20. The number of benzene rings is 2. The smallest absolute Gasteiger partial charge is 0.324 e. The first-order valence-corrected chi connectivity index (χ1v) is 10.1. The minimum Gasteiger partial charge on any atom is -0.340 e. The fourth-order valence-corrected chi connectivity index (χ4v) is 3.24. The van der Waals surface area contributed by atoms with Gasteiger partial charge in [0.05, 0.1) is 15.7 Å². The van der Waals surface area contributed by atoms with Gasteiger partial charge in [-0.3, -0.25) is 5.32 Å². The highest BCUT2D eigenvalue weighted by Gasteiger charge is 2.10. The molecule has 0 fully saturated rings. The van der Waals surface area contributed by atoms with E-state index in [0.29, 0.717) is 22.3 Å². The molecule has 0 saturated heterocycles. The Labute approximate surface area is 189 Å². The molecule has 2 aromatic carbocycles. The average Bonchev–Trinajstić information content (AvgIpc) is 2.78. The molecule has 31 heavy (non-hydrogen) atoms. The fraction of sp³-hybridized carbons (Fsp3) is 0. The van der Waals surface area contributed by atoms with Crippen LogP contribution in [0.2, 0.25) is 10.0 Å². The Balaban J connectivity index is 1.49. The summed E-state index contributed by atoms with van der Waals surface area (Å²) in [6, 6.07) is 21.8. The van der Waals surface area contributed by atoms with Gasteiger partial charge >= 0.3 is 6.03 Å². The fourth-order valence-electron chi connectivity index (χ4n) is 2.90. The van der Waals surface area contributed by atoms with E-state index in [1.54, 1.807) is 36.7 Å². The minimum absolute atomic E-state index is 0.274. The Morgan fingerprint density at radius 1 is 0.742 bits per heavy atom. The van der Waals surface area contributed by atoms with Crippen LogP contribution in [-0.4, -0.2) is 16.0 Å². The number of hydrogen-bond acceptors (Lipinski definition) is 4. The van der Waals surface area contributed by atoms with E-state index in [4.69, 9.17) is 23.2 Å². The number of para-hydroxylation sites is 1. The predicted octanol–water partition coefficient (Wildman–Crippen LogP) is 6.84. The molecule has 0 aliphatic rings. The van der Waals surface area contributed by atoms with E-state index in [1.807, 2.05) is 48.5 Å². The van der Waals surface area contributed by atoms with Gasteiger partial charge in [-0.25, -0.2) is 14.8 Å². The Morgan fingerprint density at radius 3 is 2.16 bits per heavy atom. The molecular formula is C23H17Cl2N5O. The molecular weight excluding hydrogens is 433 g/mol. The van der Waals surface area contributed by atoms with Crippen LogP contribution < -0.4 is 16.0 Å². The van der Waals surface area contributed by atoms with Gasteiger partial charge in [0.1, 0.15) is 11.6 Å². The second-order valence-corrected chi connectivity index (χ2v) is 7.32. The van der Waals surface area contributed by atoms with Gasteiger partial charge in [-0.05, 0) is 59.7 Å². The molecule has 2 heterocycles. The SMILES string of the molecule is O=C(Nc1cc(-c2ccnc(Nc3ccccc3)c2)ccn1)Nc1cccc(Cl)c1Cl. The lowest BCUT2D eigenvalue weighted by molar-refractivity contribution is 0.262.